The van der Waals surface area contributed by atoms with Gasteiger partial charge in [0.2, 0.25) is 11.8 Å². The highest BCUT2D eigenvalue weighted by molar-refractivity contribution is 6.42. The number of benzene rings is 2. The van der Waals surface area contributed by atoms with Crippen molar-refractivity contribution < 1.29 is 23.8 Å². The molecule has 0 heterocycles. The first kappa shape index (κ1) is 21.9. The molecule has 0 spiro atoms. The molecule has 0 aliphatic carbocycles. The summed E-state index contributed by atoms with van der Waals surface area (Å²) in [4.78, 5) is 23.5. The topological polar surface area (TPSA) is 87.7 Å². The molecule has 0 radical (unpaired) electrons. The minimum absolute atomic E-state index is 0.0398. The molecule has 0 saturated carbocycles. The standard InChI is InChI=1S/C19H19Cl2FN2O4/c20-15-5-2-6-16(19(15)21)28-11-14(25)9-23-18(27)10-24-17(26)8-12-3-1-4-13(22)7-12/h1-7,14,25H,8-11H2,(H,23,27)(H,24,26). The van der Waals surface area contributed by atoms with Crippen LogP contribution in [0.2, 0.25) is 10.0 Å². The maximum atomic E-state index is 13.1. The summed E-state index contributed by atoms with van der Waals surface area (Å²) in [5.74, 6) is -1.00. The van der Waals surface area contributed by atoms with Crippen molar-refractivity contribution in [1.29, 1.82) is 0 Å². The van der Waals surface area contributed by atoms with Crippen LogP contribution < -0.4 is 15.4 Å². The first-order valence-corrected chi connectivity index (χ1v) is 9.13. The van der Waals surface area contributed by atoms with E-state index in [1.807, 2.05) is 0 Å². The Bertz CT molecular complexity index is 835. The van der Waals surface area contributed by atoms with Crippen LogP contribution in [0.1, 0.15) is 5.56 Å². The number of hydrogen-bond donors (Lipinski definition) is 3. The fourth-order valence-electron chi connectivity index (χ4n) is 2.21. The smallest absolute Gasteiger partial charge is 0.239 e. The molecule has 0 aromatic heterocycles. The van der Waals surface area contributed by atoms with E-state index in [1.54, 1.807) is 24.3 Å². The molecule has 2 rings (SSSR count). The molecular formula is C19H19Cl2FN2O4. The van der Waals surface area contributed by atoms with Crippen LogP contribution in [0.15, 0.2) is 42.5 Å². The summed E-state index contributed by atoms with van der Waals surface area (Å²) in [6, 6.07) is 10.5. The van der Waals surface area contributed by atoms with Gasteiger partial charge in [0, 0.05) is 6.54 Å². The molecule has 28 heavy (non-hydrogen) atoms. The minimum Gasteiger partial charge on any atom is -0.489 e. The van der Waals surface area contributed by atoms with Gasteiger partial charge in [-0.05, 0) is 29.8 Å². The molecule has 2 aromatic carbocycles. The number of nitrogens with one attached hydrogen (secondary N) is 2. The van der Waals surface area contributed by atoms with E-state index >= 15 is 0 Å². The predicted octanol–water partition coefficient (Wildman–Crippen LogP) is 2.35. The Kier molecular flexibility index (Phi) is 8.50. The number of carbonyl (C=O) groups is 2. The molecule has 0 aliphatic rings. The highest BCUT2D eigenvalue weighted by Gasteiger charge is 2.12. The Morgan fingerprint density at radius 2 is 1.86 bits per heavy atom. The quantitative estimate of drug-likeness (QED) is 0.571. The summed E-state index contributed by atoms with van der Waals surface area (Å²) in [7, 11) is 0. The molecule has 6 nitrogen and oxygen atoms in total. The van der Waals surface area contributed by atoms with Crippen molar-refractivity contribution >= 4 is 35.0 Å². The molecule has 0 aliphatic heterocycles. The van der Waals surface area contributed by atoms with Gasteiger partial charge in [0.25, 0.3) is 0 Å². The summed E-state index contributed by atoms with van der Waals surface area (Å²) >= 11 is 11.8. The van der Waals surface area contributed by atoms with E-state index in [9.17, 15) is 19.1 Å². The Hall–Kier alpha value is -2.35. The highest BCUT2D eigenvalue weighted by atomic mass is 35.5. The van der Waals surface area contributed by atoms with Crippen LogP contribution in [-0.4, -0.2) is 42.7 Å². The van der Waals surface area contributed by atoms with Gasteiger partial charge >= 0.3 is 0 Å². The van der Waals surface area contributed by atoms with E-state index < -0.39 is 23.7 Å². The summed E-state index contributed by atoms with van der Waals surface area (Å²) in [6.07, 6.45) is -1.02. The van der Waals surface area contributed by atoms with Gasteiger partial charge < -0.3 is 20.5 Å². The molecule has 2 aromatic rings. The molecule has 2 amide bonds. The molecular weight excluding hydrogens is 410 g/mol. The van der Waals surface area contributed by atoms with Gasteiger partial charge in [-0.15, -0.1) is 0 Å². The lowest BCUT2D eigenvalue weighted by atomic mass is 10.1. The lowest BCUT2D eigenvalue weighted by Gasteiger charge is -2.14. The number of hydrogen-bond acceptors (Lipinski definition) is 4. The van der Waals surface area contributed by atoms with Gasteiger partial charge in [-0.1, -0.05) is 41.4 Å². The third-order valence-electron chi connectivity index (χ3n) is 3.58. The number of amides is 2. The Morgan fingerprint density at radius 3 is 2.61 bits per heavy atom. The second-order valence-corrected chi connectivity index (χ2v) is 6.69. The van der Waals surface area contributed by atoms with Crippen molar-refractivity contribution in [2.45, 2.75) is 12.5 Å². The molecule has 0 fully saturated rings. The van der Waals surface area contributed by atoms with Gasteiger partial charge in [-0.25, -0.2) is 4.39 Å². The third-order valence-corrected chi connectivity index (χ3v) is 4.38. The molecule has 0 saturated heterocycles. The first-order valence-electron chi connectivity index (χ1n) is 8.38. The number of aliphatic hydroxyl groups is 1. The van der Waals surface area contributed by atoms with Crippen molar-refractivity contribution in [3.63, 3.8) is 0 Å². The van der Waals surface area contributed by atoms with Crippen LogP contribution in [0.25, 0.3) is 0 Å². The van der Waals surface area contributed by atoms with Gasteiger partial charge in [-0.3, -0.25) is 9.59 Å². The Morgan fingerprint density at radius 1 is 1.11 bits per heavy atom. The van der Waals surface area contributed by atoms with Crippen LogP contribution in [0.3, 0.4) is 0 Å². The van der Waals surface area contributed by atoms with E-state index in [0.717, 1.165) is 0 Å². The number of aliphatic hydroxyl groups excluding tert-OH is 1. The number of carbonyl (C=O) groups excluding carboxylic acids is 2. The van der Waals surface area contributed by atoms with Crippen molar-refractivity contribution in [1.82, 2.24) is 10.6 Å². The molecule has 3 N–H and O–H groups in total. The maximum Gasteiger partial charge on any atom is 0.239 e. The van der Waals surface area contributed by atoms with Gasteiger partial charge in [0.05, 0.1) is 18.0 Å². The molecule has 1 atom stereocenters. The van der Waals surface area contributed by atoms with E-state index in [1.165, 1.54) is 18.2 Å². The zero-order valence-corrected chi connectivity index (χ0v) is 16.3. The maximum absolute atomic E-state index is 13.1. The first-order chi connectivity index (χ1) is 13.3. The SMILES string of the molecule is O=C(CNC(=O)Cc1cccc(F)c1)NCC(O)COc1cccc(Cl)c1Cl. The summed E-state index contributed by atoms with van der Waals surface area (Å²) in [6.45, 7) is -0.440. The van der Waals surface area contributed by atoms with Gasteiger partial charge in [0.1, 0.15) is 29.3 Å². The van der Waals surface area contributed by atoms with E-state index in [4.69, 9.17) is 27.9 Å². The zero-order chi connectivity index (χ0) is 20.5. The highest BCUT2D eigenvalue weighted by Crippen LogP contribution is 2.31. The lowest BCUT2D eigenvalue weighted by Crippen LogP contribution is -2.41. The number of rotatable bonds is 9. The molecule has 9 heteroatoms. The van der Waals surface area contributed by atoms with Crippen molar-refractivity contribution in [2.75, 3.05) is 19.7 Å². The Labute approximate surface area is 171 Å². The van der Waals surface area contributed by atoms with E-state index in [2.05, 4.69) is 10.6 Å². The average Bonchev–Trinajstić information content (AvgIpc) is 2.66. The summed E-state index contributed by atoms with van der Waals surface area (Å²) in [5, 5.41) is 15.3. The molecule has 0 bridgehead atoms. The van der Waals surface area contributed by atoms with Crippen LogP contribution in [0.4, 0.5) is 4.39 Å². The fourth-order valence-corrected chi connectivity index (χ4v) is 2.55. The van der Waals surface area contributed by atoms with Crippen molar-refractivity contribution in [3.8, 4) is 5.75 Å². The fraction of sp³-hybridized carbons (Fsp3) is 0.263. The number of halogens is 3. The normalized spacial score (nSPS) is 11.6. The second kappa shape index (κ2) is 10.8. The van der Waals surface area contributed by atoms with Crippen LogP contribution in [0, 0.1) is 5.82 Å². The predicted molar refractivity (Wildman–Crippen MR) is 104 cm³/mol. The van der Waals surface area contributed by atoms with Crippen LogP contribution in [0.5, 0.6) is 5.75 Å². The van der Waals surface area contributed by atoms with Crippen LogP contribution >= 0.6 is 23.2 Å². The summed E-state index contributed by atoms with van der Waals surface area (Å²) in [5.41, 5.74) is 0.505. The van der Waals surface area contributed by atoms with Crippen LogP contribution in [-0.2, 0) is 16.0 Å². The number of ether oxygens (including phenoxy) is 1. The molecule has 150 valence electrons. The second-order valence-electron chi connectivity index (χ2n) is 5.90. The van der Waals surface area contributed by atoms with Crippen molar-refractivity contribution in [2.24, 2.45) is 0 Å². The van der Waals surface area contributed by atoms with Crippen molar-refractivity contribution in [3.05, 3.63) is 63.9 Å². The third kappa shape index (κ3) is 7.34. The van der Waals surface area contributed by atoms with E-state index in [-0.39, 0.29) is 31.1 Å². The van der Waals surface area contributed by atoms with Gasteiger partial charge in [0.15, 0.2) is 0 Å². The minimum atomic E-state index is -0.984. The summed E-state index contributed by atoms with van der Waals surface area (Å²) < 4.78 is 18.4. The lowest BCUT2D eigenvalue weighted by molar-refractivity contribution is -0.126. The largest absolute Gasteiger partial charge is 0.489 e. The Balaban J connectivity index is 1.66. The molecule has 1 unspecified atom stereocenters. The average molecular weight is 429 g/mol. The zero-order valence-electron chi connectivity index (χ0n) is 14.8. The van der Waals surface area contributed by atoms with E-state index in [0.29, 0.717) is 16.3 Å². The van der Waals surface area contributed by atoms with Gasteiger partial charge in [-0.2, -0.15) is 0 Å². The monoisotopic (exact) mass is 428 g/mol.